The Morgan fingerprint density at radius 2 is 1.65 bits per heavy atom. The Hall–Kier alpha value is -1.60. The summed E-state index contributed by atoms with van der Waals surface area (Å²) in [5, 5.41) is 3.68. The van der Waals surface area contributed by atoms with Gasteiger partial charge in [-0.1, -0.05) is 61.5 Å². The third kappa shape index (κ3) is 4.21. The second kappa shape index (κ2) is 7.86. The van der Waals surface area contributed by atoms with Crippen molar-refractivity contribution in [1.29, 1.82) is 0 Å². The van der Waals surface area contributed by atoms with E-state index in [1.54, 1.807) is 0 Å². The zero-order valence-electron chi connectivity index (χ0n) is 12.6. The van der Waals surface area contributed by atoms with Gasteiger partial charge in [0.05, 0.1) is 0 Å². The first-order valence-corrected chi connectivity index (χ1v) is 7.64. The molecule has 2 rings (SSSR count). The van der Waals surface area contributed by atoms with Crippen LogP contribution in [0.15, 0.2) is 54.6 Å². The fourth-order valence-electron chi connectivity index (χ4n) is 2.58. The molecule has 2 aromatic carbocycles. The van der Waals surface area contributed by atoms with E-state index in [-0.39, 0.29) is 0 Å². The quantitative estimate of drug-likeness (QED) is 0.768. The number of nitrogens with one attached hydrogen (secondary N) is 1. The molecule has 106 valence electrons. The molecule has 0 radical (unpaired) electrons. The number of hydrogen-bond acceptors (Lipinski definition) is 1. The summed E-state index contributed by atoms with van der Waals surface area (Å²) >= 11 is 0. The van der Waals surface area contributed by atoms with Crippen LogP contribution in [0.25, 0.3) is 0 Å². The summed E-state index contributed by atoms with van der Waals surface area (Å²) in [6, 6.07) is 20.0. The minimum absolute atomic E-state index is 0.454. The highest BCUT2D eigenvalue weighted by atomic mass is 14.9. The Bertz CT molecular complexity index is 504. The van der Waals surface area contributed by atoms with Crippen LogP contribution in [0.2, 0.25) is 0 Å². The van der Waals surface area contributed by atoms with Crippen LogP contribution in [0.1, 0.15) is 42.5 Å². The second-order valence-corrected chi connectivity index (χ2v) is 5.38. The Kier molecular flexibility index (Phi) is 5.82. The van der Waals surface area contributed by atoms with Gasteiger partial charge in [-0.2, -0.15) is 0 Å². The third-order valence-electron chi connectivity index (χ3n) is 3.81. The fourth-order valence-corrected chi connectivity index (χ4v) is 2.58. The molecule has 1 heteroatoms. The topological polar surface area (TPSA) is 12.0 Å². The molecule has 0 aliphatic rings. The average Bonchev–Trinajstić information content (AvgIpc) is 2.50. The SMILES string of the molecule is CCCNC(CCc1ccccc1C)c1ccccc1. The van der Waals surface area contributed by atoms with Gasteiger partial charge < -0.3 is 5.32 Å². The van der Waals surface area contributed by atoms with Crippen LogP contribution >= 0.6 is 0 Å². The van der Waals surface area contributed by atoms with Gasteiger partial charge in [0.25, 0.3) is 0 Å². The standard InChI is InChI=1S/C19H25N/c1-3-15-20-19(18-11-5-4-6-12-18)14-13-17-10-8-7-9-16(17)2/h4-12,19-20H,3,13-15H2,1-2H3. The zero-order valence-corrected chi connectivity index (χ0v) is 12.6. The molecule has 20 heavy (non-hydrogen) atoms. The molecule has 2 aromatic rings. The highest BCUT2D eigenvalue weighted by Crippen LogP contribution is 2.20. The molecule has 1 unspecified atom stereocenters. The maximum Gasteiger partial charge on any atom is 0.0323 e. The Morgan fingerprint density at radius 1 is 0.950 bits per heavy atom. The monoisotopic (exact) mass is 267 g/mol. The summed E-state index contributed by atoms with van der Waals surface area (Å²) in [4.78, 5) is 0. The fraction of sp³-hybridized carbons (Fsp3) is 0.368. The summed E-state index contributed by atoms with van der Waals surface area (Å²) in [6.07, 6.45) is 3.45. The van der Waals surface area contributed by atoms with E-state index in [0.717, 1.165) is 19.4 Å². The van der Waals surface area contributed by atoms with Crippen LogP contribution in [-0.4, -0.2) is 6.54 Å². The largest absolute Gasteiger partial charge is 0.310 e. The van der Waals surface area contributed by atoms with Crippen molar-refractivity contribution in [3.63, 3.8) is 0 Å². The van der Waals surface area contributed by atoms with E-state index in [4.69, 9.17) is 0 Å². The molecule has 0 amide bonds. The van der Waals surface area contributed by atoms with Crippen molar-refractivity contribution in [3.8, 4) is 0 Å². The Labute approximate surface area is 123 Å². The molecule has 0 spiro atoms. The first-order valence-electron chi connectivity index (χ1n) is 7.64. The molecule has 0 aromatic heterocycles. The molecule has 0 fully saturated rings. The lowest BCUT2D eigenvalue weighted by molar-refractivity contribution is 0.499. The molecule has 0 saturated carbocycles. The van der Waals surface area contributed by atoms with Gasteiger partial charge in [0.1, 0.15) is 0 Å². The predicted molar refractivity (Wildman–Crippen MR) is 87.0 cm³/mol. The highest BCUT2D eigenvalue weighted by Gasteiger charge is 2.10. The Morgan fingerprint density at radius 3 is 2.35 bits per heavy atom. The van der Waals surface area contributed by atoms with Gasteiger partial charge in [-0.15, -0.1) is 0 Å². The minimum Gasteiger partial charge on any atom is -0.310 e. The zero-order chi connectivity index (χ0) is 14.2. The van der Waals surface area contributed by atoms with Crippen molar-refractivity contribution in [2.75, 3.05) is 6.54 Å². The maximum absolute atomic E-state index is 3.68. The van der Waals surface area contributed by atoms with Gasteiger partial charge in [-0.3, -0.25) is 0 Å². The summed E-state index contributed by atoms with van der Waals surface area (Å²) in [5.74, 6) is 0. The second-order valence-electron chi connectivity index (χ2n) is 5.38. The molecule has 0 bridgehead atoms. The van der Waals surface area contributed by atoms with Crippen LogP contribution in [0.5, 0.6) is 0 Å². The molecule has 0 aliphatic carbocycles. The van der Waals surface area contributed by atoms with Gasteiger partial charge in [0, 0.05) is 6.04 Å². The summed E-state index contributed by atoms with van der Waals surface area (Å²) < 4.78 is 0. The molecule has 0 heterocycles. The van der Waals surface area contributed by atoms with Gasteiger partial charge in [0.15, 0.2) is 0 Å². The number of hydrogen-bond donors (Lipinski definition) is 1. The third-order valence-corrected chi connectivity index (χ3v) is 3.81. The molecule has 0 saturated heterocycles. The van der Waals surface area contributed by atoms with Crippen LogP contribution in [0.3, 0.4) is 0 Å². The van der Waals surface area contributed by atoms with Crippen LogP contribution in [-0.2, 0) is 6.42 Å². The van der Waals surface area contributed by atoms with E-state index < -0.39 is 0 Å². The van der Waals surface area contributed by atoms with E-state index in [1.807, 2.05) is 0 Å². The lowest BCUT2D eigenvalue weighted by atomic mass is 9.97. The van der Waals surface area contributed by atoms with E-state index in [9.17, 15) is 0 Å². The van der Waals surface area contributed by atoms with E-state index >= 15 is 0 Å². The molecule has 1 nitrogen and oxygen atoms in total. The van der Waals surface area contributed by atoms with Crippen molar-refractivity contribution in [2.24, 2.45) is 0 Å². The predicted octanol–water partition coefficient (Wildman–Crippen LogP) is 4.67. The van der Waals surface area contributed by atoms with E-state index in [2.05, 4.69) is 73.8 Å². The maximum atomic E-state index is 3.68. The van der Waals surface area contributed by atoms with Crippen LogP contribution < -0.4 is 5.32 Å². The van der Waals surface area contributed by atoms with Crippen molar-refractivity contribution in [2.45, 2.75) is 39.2 Å². The number of benzene rings is 2. The van der Waals surface area contributed by atoms with Gasteiger partial charge in [0.2, 0.25) is 0 Å². The molecular weight excluding hydrogens is 242 g/mol. The van der Waals surface area contributed by atoms with Crippen molar-refractivity contribution < 1.29 is 0 Å². The molecular formula is C19H25N. The molecule has 1 atom stereocenters. The molecule has 0 aliphatic heterocycles. The van der Waals surface area contributed by atoms with Gasteiger partial charge >= 0.3 is 0 Å². The van der Waals surface area contributed by atoms with Gasteiger partial charge in [-0.25, -0.2) is 0 Å². The van der Waals surface area contributed by atoms with Gasteiger partial charge in [-0.05, 0) is 49.4 Å². The molecule has 1 N–H and O–H groups in total. The van der Waals surface area contributed by atoms with Crippen molar-refractivity contribution >= 4 is 0 Å². The van der Waals surface area contributed by atoms with Crippen LogP contribution in [0, 0.1) is 6.92 Å². The Balaban J connectivity index is 2.03. The summed E-state index contributed by atoms with van der Waals surface area (Å²) in [6.45, 7) is 5.50. The number of rotatable bonds is 7. The lowest BCUT2D eigenvalue weighted by Crippen LogP contribution is -2.22. The summed E-state index contributed by atoms with van der Waals surface area (Å²) in [5.41, 5.74) is 4.26. The smallest absolute Gasteiger partial charge is 0.0323 e. The average molecular weight is 267 g/mol. The lowest BCUT2D eigenvalue weighted by Gasteiger charge is -2.19. The van der Waals surface area contributed by atoms with Crippen molar-refractivity contribution in [3.05, 3.63) is 71.3 Å². The van der Waals surface area contributed by atoms with Crippen molar-refractivity contribution in [1.82, 2.24) is 5.32 Å². The number of aryl methyl sites for hydroxylation is 2. The van der Waals surface area contributed by atoms with E-state index in [1.165, 1.54) is 23.1 Å². The highest BCUT2D eigenvalue weighted by molar-refractivity contribution is 5.26. The first kappa shape index (κ1) is 14.8. The minimum atomic E-state index is 0.454. The van der Waals surface area contributed by atoms with E-state index in [0.29, 0.717) is 6.04 Å². The normalized spacial score (nSPS) is 12.3. The first-order chi connectivity index (χ1) is 9.81. The summed E-state index contributed by atoms with van der Waals surface area (Å²) in [7, 11) is 0. The van der Waals surface area contributed by atoms with Crippen LogP contribution in [0.4, 0.5) is 0 Å².